The minimum absolute atomic E-state index is 0.00574. The van der Waals surface area contributed by atoms with Crippen molar-refractivity contribution in [3.05, 3.63) is 0 Å². The highest BCUT2D eigenvalue weighted by Gasteiger charge is 2.42. The lowest BCUT2D eigenvalue weighted by atomic mass is 10.2. The van der Waals surface area contributed by atoms with Crippen LogP contribution in [0.4, 0.5) is 0 Å². The molecule has 0 radical (unpaired) electrons. The lowest BCUT2D eigenvalue weighted by molar-refractivity contribution is -0.167. The van der Waals surface area contributed by atoms with Gasteiger partial charge in [-0.15, -0.1) is 23.5 Å². The van der Waals surface area contributed by atoms with Crippen molar-refractivity contribution in [1.82, 2.24) is 29.6 Å². The van der Waals surface area contributed by atoms with Crippen molar-refractivity contribution < 1.29 is 57.5 Å². The molecule has 18 nitrogen and oxygen atoms in total. The number of thioether (sulfide) groups is 2. The molecule has 3 aliphatic heterocycles. The van der Waals surface area contributed by atoms with Crippen molar-refractivity contribution in [3.8, 4) is 0 Å². The van der Waals surface area contributed by atoms with E-state index in [-0.39, 0.29) is 82.9 Å². The monoisotopic (exact) mass is 780 g/mol. The molecule has 8 amide bonds. The molecule has 3 aliphatic rings. The van der Waals surface area contributed by atoms with Gasteiger partial charge in [0.2, 0.25) is 47.3 Å². The number of hydrogen-bond acceptors (Lipinski definition) is 14. The van der Waals surface area contributed by atoms with E-state index in [1.807, 2.05) is 0 Å². The summed E-state index contributed by atoms with van der Waals surface area (Å²) in [6, 6.07) is 0. The molecular formula is C33H44N6O12S2. The quantitative estimate of drug-likeness (QED) is 0.118. The van der Waals surface area contributed by atoms with Gasteiger partial charge in [0.25, 0.3) is 0 Å². The summed E-state index contributed by atoms with van der Waals surface area (Å²) in [6.45, 7) is -1.55. The average molecular weight is 781 g/mol. The summed E-state index contributed by atoms with van der Waals surface area (Å²) in [5.41, 5.74) is 0. The first-order valence-corrected chi connectivity index (χ1v) is 19.4. The van der Waals surface area contributed by atoms with Crippen molar-refractivity contribution in [2.75, 3.05) is 57.4 Å². The van der Waals surface area contributed by atoms with E-state index in [2.05, 4.69) is 0 Å². The number of imide groups is 2. The third-order valence-corrected chi connectivity index (χ3v) is 11.4. The van der Waals surface area contributed by atoms with Crippen molar-refractivity contribution in [1.29, 1.82) is 0 Å². The van der Waals surface area contributed by atoms with Gasteiger partial charge in [-0.1, -0.05) is 0 Å². The Balaban J connectivity index is 1.98. The second kappa shape index (κ2) is 21.9. The number of fused-ring (bicyclic) bond motifs is 4. The molecule has 3 saturated heterocycles. The highest BCUT2D eigenvalue weighted by atomic mass is 32.2. The van der Waals surface area contributed by atoms with Crippen LogP contribution in [-0.2, 0) is 57.5 Å². The molecule has 0 N–H and O–H groups in total. The van der Waals surface area contributed by atoms with Gasteiger partial charge in [-0.05, 0) is 0 Å². The predicted molar refractivity (Wildman–Crippen MR) is 188 cm³/mol. The van der Waals surface area contributed by atoms with Crippen LogP contribution < -0.4 is 0 Å². The Morgan fingerprint density at radius 3 is 1.23 bits per heavy atom. The number of aldehydes is 4. The Morgan fingerprint density at radius 1 is 0.566 bits per heavy atom. The first-order chi connectivity index (χ1) is 25.5. The van der Waals surface area contributed by atoms with Crippen LogP contribution in [0.1, 0.15) is 64.2 Å². The molecule has 53 heavy (non-hydrogen) atoms. The fraction of sp³-hybridized carbons (Fsp3) is 0.636. The third kappa shape index (κ3) is 12.3. The maximum atomic E-state index is 14.0. The van der Waals surface area contributed by atoms with Crippen LogP contribution in [0.5, 0.6) is 0 Å². The largest absolute Gasteiger partial charge is 0.342 e. The van der Waals surface area contributed by atoms with Gasteiger partial charge in [0.15, 0.2) is 0 Å². The first-order valence-electron chi connectivity index (χ1n) is 17.3. The van der Waals surface area contributed by atoms with Crippen molar-refractivity contribution in [3.63, 3.8) is 0 Å². The molecule has 4 bridgehead atoms. The number of amides is 8. The Kier molecular flexibility index (Phi) is 17.8. The van der Waals surface area contributed by atoms with Crippen molar-refractivity contribution in [2.24, 2.45) is 0 Å². The molecule has 3 rings (SSSR count). The molecule has 3 fully saturated rings. The molecule has 0 spiro atoms. The van der Waals surface area contributed by atoms with E-state index in [1.54, 1.807) is 0 Å². The van der Waals surface area contributed by atoms with E-state index >= 15 is 0 Å². The number of rotatable bonds is 18. The van der Waals surface area contributed by atoms with E-state index < -0.39 is 96.5 Å². The molecule has 0 aliphatic carbocycles. The van der Waals surface area contributed by atoms with Crippen LogP contribution in [0.25, 0.3) is 0 Å². The summed E-state index contributed by atoms with van der Waals surface area (Å²) in [4.78, 5) is 155. The predicted octanol–water partition coefficient (Wildman–Crippen LogP) is -1.18. The molecular weight excluding hydrogens is 737 g/mol. The summed E-state index contributed by atoms with van der Waals surface area (Å²) < 4.78 is 0. The minimum atomic E-state index is -0.783. The maximum Gasteiger partial charge on any atom is 0.242 e. The SMILES string of the molecule is O=CCCN(CCC=O)C(=O)CCN1C(=O)CCN2C(=O)CC(SCSC3CC(=O)N(CCC(=O)N1CCC(=O)N(CCC=O)CCC=O)C3=O)C2=O. The van der Waals surface area contributed by atoms with Gasteiger partial charge in [-0.25, -0.2) is 0 Å². The molecule has 0 saturated carbocycles. The molecule has 0 aromatic rings. The van der Waals surface area contributed by atoms with Gasteiger partial charge in [-0.3, -0.25) is 58.2 Å². The summed E-state index contributed by atoms with van der Waals surface area (Å²) in [7, 11) is 0. The van der Waals surface area contributed by atoms with E-state index in [4.69, 9.17) is 0 Å². The van der Waals surface area contributed by atoms with Gasteiger partial charge in [0.1, 0.15) is 25.1 Å². The van der Waals surface area contributed by atoms with Crippen molar-refractivity contribution in [2.45, 2.75) is 74.7 Å². The van der Waals surface area contributed by atoms with Crippen LogP contribution in [0.15, 0.2) is 0 Å². The molecule has 2 atom stereocenters. The van der Waals surface area contributed by atoms with Crippen LogP contribution in [0.3, 0.4) is 0 Å². The zero-order chi connectivity index (χ0) is 38.9. The number of carbonyl (C=O) groups excluding carboxylic acids is 12. The number of carbonyl (C=O) groups is 12. The van der Waals surface area contributed by atoms with Crippen molar-refractivity contribution >= 4 is 95.9 Å². The lowest BCUT2D eigenvalue weighted by Gasteiger charge is -2.36. The first kappa shape index (κ1) is 42.9. The molecule has 2 unspecified atom stereocenters. The second-order valence-electron chi connectivity index (χ2n) is 12.2. The topological polar surface area (TPSA) is 224 Å². The van der Waals surface area contributed by atoms with E-state index in [1.165, 1.54) is 9.80 Å². The standard InChI is InChI=1S/C33H44N6O12S2/c40-17-1-9-34(10-2-18-41)26(44)7-15-38-28(46)5-13-36-30(48)21-24(32(36)50)52-23-53-25-22-31(49)37(33(25)51)14-6-29(47)39(38)16-8-27(45)35(11-3-19-42)12-4-20-43/h17-20,24-25H,1-16,21-23H2. The van der Waals surface area contributed by atoms with Gasteiger partial charge < -0.3 is 29.0 Å². The second-order valence-corrected chi connectivity index (χ2v) is 15.0. The number of hydrogen-bond donors (Lipinski definition) is 0. The minimum Gasteiger partial charge on any atom is -0.342 e. The molecule has 0 aromatic heterocycles. The normalized spacial score (nSPS) is 20.1. The van der Waals surface area contributed by atoms with E-state index in [9.17, 15) is 57.5 Å². The number of nitrogens with zero attached hydrogens (tertiary/aromatic N) is 6. The molecule has 290 valence electrons. The van der Waals surface area contributed by atoms with E-state index in [0.29, 0.717) is 25.1 Å². The Labute approximate surface area is 314 Å². The summed E-state index contributed by atoms with van der Waals surface area (Å²) in [5.74, 6) is -4.76. The Hall–Kier alpha value is -4.46. The highest BCUT2D eigenvalue weighted by molar-refractivity contribution is 8.17. The van der Waals surface area contributed by atoms with Gasteiger partial charge in [0.05, 0.1) is 23.6 Å². The Morgan fingerprint density at radius 2 is 0.906 bits per heavy atom. The fourth-order valence-electron chi connectivity index (χ4n) is 5.95. The van der Waals surface area contributed by atoms with Crippen LogP contribution >= 0.6 is 23.5 Å². The molecule has 20 heteroatoms. The third-order valence-electron chi connectivity index (χ3n) is 8.76. The van der Waals surface area contributed by atoms with E-state index in [0.717, 1.165) is 43.3 Å². The Bertz CT molecular complexity index is 1320. The summed E-state index contributed by atoms with van der Waals surface area (Å²) in [5, 5.41) is 0.602. The van der Waals surface area contributed by atoms with Gasteiger partial charge >= 0.3 is 0 Å². The number of hydrazine groups is 1. The average Bonchev–Trinajstić information content (AvgIpc) is 3.57. The van der Waals surface area contributed by atoms with Gasteiger partial charge in [0, 0.05) is 109 Å². The van der Waals surface area contributed by atoms with Crippen LogP contribution in [0, 0.1) is 0 Å². The molecule has 3 heterocycles. The van der Waals surface area contributed by atoms with Crippen LogP contribution in [0.2, 0.25) is 0 Å². The molecule has 0 aromatic carbocycles. The zero-order valence-electron chi connectivity index (χ0n) is 29.3. The van der Waals surface area contributed by atoms with Crippen LogP contribution in [-0.4, -0.2) is 170 Å². The highest BCUT2D eigenvalue weighted by Crippen LogP contribution is 2.33. The lowest BCUT2D eigenvalue weighted by Crippen LogP contribution is -2.53. The maximum absolute atomic E-state index is 14.0. The van der Waals surface area contributed by atoms with Gasteiger partial charge in [-0.2, -0.15) is 0 Å². The fourth-order valence-corrected chi connectivity index (χ4v) is 8.64. The zero-order valence-corrected chi connectivity index (χ0v) is 30.9. The summed E-state index contributed by atoms with van der Waals surface area (Å²) in [6.07, 6.45) is 0.374. The smallest absolute Gasteiger partial charge is 0.242 e. The summed E-state index contributed by atoms with van der Waals surface area (Å²) >= 11 is 2.31.